The van der Waals surface area contributed by atoms with Crippen LogP contribution in [0.4, 0.5) is 0 Å². The maximum atomic E-state index is 13.0. The number of hydrogen-bond donors (Lipinski definition) is 3. The number of fused-ring (bicyclic) bond motifs is 1. The van der Waals surface area contributed by atoms with Crippen molar-refractivity contribution in [3.63, 3.8) is 0 Å². The second-order valence-corrected chi connectivity index (χ2v) is 11.9. The average Bonchev–Trinajstić information content (AvgIpc) is 3.36. The summed E-state index contributed by atoms with van der Waals surface area (Å²) < 4.78 is 27.1. The molecular weight excluding hydrogens is 454 g/mol. The third-order valence-electron chi connectivity index (χ3n) is 6.53. The number of pyridine rings is 1. The maximum absolute atomic E-state index is 13.0. The van der Waals surface area contributed by atoms with E-state index in [9.17, 15) is 8.42 Å². The van der Waals surface area contributed by atoms with Crippen molar-refractivity contribution in [1.29, 1.82) is 5.41 Å². The number of sulfonamides is 1. The van der Waals surface area contributed by atoms with Crippen LogP contribution < -0.4 is 5.32 Å². The SMILES string of the molecule is CN1C(=N)N[C@@](c2sc(-c3cc4ncccc4[nH]3)cc2Cl)(C2CCCCC2)CS1(=O)=O. The molecule has 0 amide bonds. The van der Waals surface area contributed by atoms with Crippen molar-refractivity contribution in [3.05, 3.63) is 40.4 Å². The van der Waals surface area contributed by atoms with E-state index in [0.717, 1.165) is 62.9 Å². The summed E-state index contributed by atoms with van der Waals surface area (Å²) in [6, 6.07) is 7.73. The van der Waals surface area contributed by atoms with Crippen molar-refractivity contribution < 1.29 is 8.42 Å². The van der Waals surface area contributed by atoms with E-state index in [-0.39, 0.29) is 17.6 Å². The van der Waals surface area contributed by atoms with Crippen molar-refractivity contribution in [2.75, 3.05) is 12.8 Å². The van der Waals surface area contributed by atoms with Crippen LogP contribution in [0.5, 0.6) is 0 Å². The number of guanidine groups is 1. The summed E-state index contributed by atoms with van der Waals surface area (Å²) in [6.45, 7) is 0. The van der Waals surface area contributed by atoms with Crippen molar-refractivity contribution >= 4 is 50.0 Å². The first-order valence-corrected chi connectivity index (χ1v) is 13.2. The summed E-state index contributed by atoms with van der Waals surface area (Å²) in [4.78, 5) is 9.49. The van der Waals surface area contributed by atoms with Crippen LogP contribution >= 0.6 is 22.9 Å². The molecule has 164 valence electrons. The van der Waals surface area contributed by atoms with E-state index in [0.29, 0.717) is 5.02 Å². The Morgan fingerprint density at radius 1 is 1.29 bits per heavy atom. The molecule has 1 saturated heterocycles. The van der Waals surface area contributed by atoms with E-state index in [4.69, 9.17) is 17.0 Å². The average molecular weight is 478 g/mol. The van der Waals surface area contributed by atoms with Gasteiger partial charge in [-0.1, -0.05) is 30.9 Å². The Morgan fingerprint density at radius 2 is 2.06 bits per heavy atom. The molecular formula is C21H24ClN5O2S2. The number of hydrogen-bond acceptors (Lipinski definition) is 5. The largest absolute Gasteiger partial charge is 0.353 e. The highest BCUT2D eigenvalue weighted by molar-refractivity contribution is 7.89. The first-order valence-electron chi connectivity index (χ1n) is 10.4. The molecule has 7 nitrogen and oxygen atoms in total. The first kappa shape index (κ1) is 20.8. The summed E-state index contributed by atoms with van der Waals surface area (Å²) in [5.74, 6) is -0.103. The van der Waals surface area contributed by atoms with Gasteiger partial charge >= 0.3 is 0 Å². The van der Waals surface area contributed by atoms with E-state index < -0.39 is 15.6 Å². The fourth-order valence-corrected chi connectivity index (χ4v) is 8.21. The lowest BCUT2D eigenvalue weighted by Crippen LogP contribution is -2.65. The second-order valence-electron chi connectivity index (χ2n) is 8.41. The molecule has 0 aromatic carbocycles. The third kappa shape index (κ3) is 3.43. The predicted octanol–water partition coefficient (Wildman–Crippen LogP) is 4.52. The third-order valence-corrected chi connectivity index (χ3v) is 10.1. The molecule has 3 aromatic heterocycles. The molecule has 1 aliphatic carbocycles. The normalized spacial score (nSPS) is 24.5. The molecule has 4 heterocycles. The van der Waals surface area contributed by atoms with Crippen LogP contribution in [0.25, 0.3) is 21.6 Å². The van der Waals surface area contributed by atoms with E-state index in [2.05, 4.69) is 15.3 Å². The van der Waals surface area contributed by atoms with Gasteiger partial charge in [0.05, 0.1) is 42.8 Å². The van der Waals surface area contributed by atoms with E-state index in [1.807, 2.05) is 24.3 Å². The van der Waals surface area contributed by atoms with Crippen LogP contribution in [0.2, 0.25) is 5.02 Å². The maximum Gasteiger partial charge on any atom is 0.239 e. The molecule has 5 rings (SSSR count). The summed E-state index contributed by atoms with van der Waals surface area (Å²) in [6.07, 6.45) is 6.85. The van der Waals surface area contributed by atoms with Crippen LogP contribution in [-0.4, -0.2) is 41.5 Å². The zero-order chi connectivity index (χ0) is 21.8. The number of aromatic nitrogens is 2. The summed E-state index contributed by atoms with van der Waals surface area (Å²) >= 11 is 8.27. The molecule has 10 heteroatoms. The van der Waals surface area contributed by atoms with Crippen LogP contribution in [0.3, 0.4) is 0 Å². The number of aromatic amines is 1. The van der Waals surface area contributed by atoms with Gasteiger partial charge in [0.2, 0.25) is 16.0 Å². The molecule has 31 heavy (non-hydrogen) atoms. The van der Waals surface area contributed by atoms with E-state index in [1.54, 1.807) is 6.20 Å². The Bertz CT molecular complexity index is 1230. The molecule has 2 aliphatic rings. The topological polar surface area (TPSA) is 102 Å². The van der Waals surface area contributed by atoms with Crippen molar-refractivity contribution in [2.24, 2.45) is 5.92 Å². The fraction of sp³-hybridized carbons (Fsp3) is 0.429. The van der Waals surface area contributed by atoms with E-state index in [1.165, 1.54) is 18.4 Å². The van der Waals surface area contributed by atoms with Gasteiger partial charge in [0.15, 0.2) is 0 Å². The lowest BCUT2D eigenvalue weighted by molar-refractivity contribution is 0.197. The lowest BCUT2D eigenvalue weighted by atomic mass is 9.74. The fourth-order valence-electron chi connectivity index (χ4n) is 4.87. The smallest absolute Gasteiger partial charge is 0.239 e. The van der Waals surface area contributed by atoms with Crippen LogP contribution in [-0.2, 0) is 15.6 Å². The molecule has 3 aromatic rings. The van der Waals surface area contributed by atoms with Crippen LogP contribution in [0, 0.1) is 11.3 Å². The Kier molecular flexibility index (Phi) is 5.02. The number of thiophene rings is 1. The molecule has 3 N–H and O–H groups in total. The first-order chi connectivity index (χ1) is 14.8. The highest BCUT2D eigenvalue weighted by Crippen LogP contribution is 2.49. The molecule has 1 saturated carbocycles. The number of H-pyrrole nitrogens is 1. The monoisotopic (exact) mass is 477 g/mol. The summed E-state index contributed by atoms with van der Waals surface area (Å²) in [7, 11) is -2.21. The van der Waals surface area contributed by atoms with Crippen molar-refractivity contribution in [2.45, 2.75) is 37.6 Å². The lowest BCUT2D eigenvalue weighted by Gasteiger charge is -2.47. The highest BCUT2D eigenvalue weighted by Gasteiger charge is 2.52. The Hall–Kier alpha value is -2.10. The molecule has 0 bridgehead atoms. The number of nitrogens with zero attached hydrogens (tertiary/aromatic N) is 2. The van der Waals surface area contributed by atoms with Gasteiger partial charge in [0.1, 0.15) is 0 Å². The molecule has 1 aliphatic heterocycles. The van der Waals surface area contributed by atoms with Crippen molar-refractivity contribution in [1.82, 2.24) is 19.6 Å². The minimum atomic E-state index is -3.63. The summed E-state index contributed by atoms with van der Waals surface area (Å²) in [5.41, 5.74) is 1.81. The zero-order valence-corrected chi connectivity index (χ0v) is 19.5. The van der Waals surface area contributed by atoms with Gasteiger partial charge in [-0.3, -0.25) is 10.4 Å². The molecule has 2 fully saturated rings. The van der Waals surface area contributed by atoms with Crippen molar-refractivity contribution in [3.8, 4) is 10.6 Å². The van der Waals surface area contributed by atoms with Gasteiger partial charge < -0.3 is 10.3 Å². The Balaban J connectivity index is 1.64. The number of halogens is 1. The summed E-state index contributed by atoms with van der Waals surface area (Å²) in [5, 5.41) is 12.2. The number of nitrogens with one attached hydrogen (secondary N) is 3. The van der Waals surface area contributed by atoms with Gasteiger partial charge in [0, 0.05) is 13.2 Å². The number of rotatable bonds is 3. The predicted molar refractivity (Wildman–Crippen MR) is 125 cm³/mol. The van der Waals surface area contributed by atoms with E-state index >= 15 is 0 Å². The molecule has 0 unspecified atom stereocenters. The quantitative estimate of drug-likeness (QED) is 0.516. The molecule has 0 spiro atoms. The van der Waals surface area contributed by atoms with Gasteiger partial charge in [0.25, 0.3) is 0 Å². The van der Waals surface area contributed by atoms with Crippen LogP contribution in [0.15, 0.2) is 30.5 Å². The zero-order valence-electron chi connectivity index (χ0n) is 17.1. The minimum Gasteiger partial charge on any atom is -0.353 e. The molecule has 0 radical (unpaired) electrons. The minimum absolute atomic E-state index is 0.0958. The van der Waals surface area contributed by atoms with Gasteiger partial charge in [-0.05, 0) is 43.0 Å². The highest BCUT2D eigenvalue weighted by atomic mass is 35.5. The standard InChI is InChI=1S/C21H24ClN5O2S2/c1-27-20(23)26-21(12-31(27,28)29,13-6-3-2-4-7-13)19-14(22)10-18(30-19)17-11-16-15(25-17)8-5-9-24-16/h5,8-11,13,25H,2-4,6-7,12H2,1H3,(H2,23,26)/t21-/m1/s1. The van der Waals surface area contributed by atoms with Gasteiger partial charge in [-0.2, -0.15) is 0 Å². The molecule has 1 atom stereocenters. The Labute approximate surface area is 190 Å². The van der Waals surface area contributed by atoms with Gasteiger partial charge in [-0.25, -0.2) is 12.7 Å². The Morgan fingerprint density at radius 3 is 2.77 bits per heavy atom. The second kappa shape index (κ2) is 7.50. The van der Waals surface area contributed by atoms with Gasteiger partial charge in [-0.15, -0.1) is 11.3 Å². The van der Waals surface area contributed by atoms with Crippen LogP contribution in [0.1, 0.15) is 37.0 Å².